The molecular weight excluding hydrogens is 434 g/mol. The molecule has 0 amide bonds. The maximum absolute atomic E-state index is 12.0. The van der Waals surface area contributed by atoms with Gasteiger partial charge in [0.15, 0.2) is 0 Å². The molecule has 0 saturated heterocycles. The number of carbonyl (C=O) groups is 1. The zero-order chi connectivity index (χ0) is 20.8. The Bertz CT molecular complexity index is 978. The number of rotatable bonds is 9. The Kier molecular flexibility index (Phi) is 7.20. The minimum absolute atomic E-state index is 0.187. The van der Waals surface area contributed by atoms with Crippen molar-refractivity contribution in [3.8, 4) is 5.75 Å². The van der Waals surface area contributed by atoms with Crippen molar-refractivity contribution >= 4 is 38.6 Å². The molecule has 5 nitrogen and oxygen atoms in total. The first kappa shape index (κ1) is 21.2. The Morgan fingerprint density at radius 3 is 2.62 bits per heavy atom. The zero-order valence-corrected chi connectivity index (χ0v) is 18.6. The van der Waals surface area contributed by atoms with E-state index < -0.39 is 0 Å². The molecule has 0 spiro atoms. The van der Waals surface area contributed by atoms with E-state index in [-0.39, 0.29) is 12.4 Å². The monoisotopic (exact) mass is 459 g/mol. The fraction of sp³-hybridized carbons (Fsp3) is 0.348. The number of hydrogen-bond acceptors (Lipinski definition) is 5. The summed E-state index contributed by atoms with van der Waals surface area (Å²) >= 11 is 3.55. The number of fused-ring (bicyclic) bond motifs is 1. The van der Waals surface area contributed by atoms with Gasteiger partial charge >= 0.3 is 5.97 Å². The number of benzene rings is 2. The molecule has 0 radical (unpaired) electrons. The summed E-state index contributed by atoms with van der Waals surface area (Å²) in [6.45, 7) is 8.60. The van der Waals surface area contributed by atoms with Crippen LogP contribution in [0.25, 0.3) is 11.0 Å². The quantitative estimate of drug-likeness (QED) is 0.382. The Hall–Kier alpha value is -2.47. The van der Waals surface area contributed by atoms with Gasteiger partial charge in [0, 0.05) is 35.8 Å². The normalized spacial score (nSPS) is 10.9. The number of carbonyl (C=O) groups excluding carboxylic acids is 1. The van der Waals surface area contributed by atoms with Crippen LogP contribution in [0.15, 0.2) is 51.6 Å². The first-order valence-corrected chi connectivity index (χ1v) is 10.7. The minimum atomic E-state index is -0.254. The van der Waals surface area contributed by atoms with Gasteiger partial charge in [-0.2, -0.15) is 0 Å². The summed E-state index contributed by atoms with van der Waals surface area (Å²) in [5, 5.41) is 1.02. The average Bonchev–Trinajstić information content (AvgIpc) is 3.18. The van der Waals surface area contributed by atoms with Gasteiger partial charge in [0.2, 0.25) is 0 Å². The van der Waals surface area contributed by atoms with Crippen LogP contribution in [-0.4, -0.2) is 25.7 Å². The lowest BCUT2D eigenvalue weighted by atomic mass is 10.1. The van der Waals surface area contributed by atoms with Crippen molar-refractivity contribution in [1.82, 2.24) is 0 Å². The summed E-state index contributed by atoms with van der Waals surface area (Å²) in [5.41, 5.74) is 3.73. The number of halogens is 1. The molecule has 154 valence electrons. The summed E-state index contributed by atoms with van der Waals surface area (Å²) in [4.78, 5) is 14.3. The SMILES string of the molecule is CCOC(=O)Cc1ccc(N(CC)CC)cc1OCc1cc(Br)c2occc2c1. The van der Waals surface area contributed by atoms with Crippen LogP contribution in [-0.2, 0) is 22.6 Å². The minimum Gasteiger partial charge on any atom is -0.489 e. The highest BCUT2D eigenvalue weighted by Gasteiger charge is 2.14. The van der Waals surface area contributed by atoms with Gasteiger partial charge in [-0.3, -0.25) is 4.79 Å². The Balaban J connectivity index is 1.86. The molecule has 0 atom stereocenters. The summed E-state index contributed by atoms with van der Waals surface area (Å²) in [5.74, 6) is 0.446. The van der Waals surface area contributed by atoms with E-state index >= 15 is 0 Å². The van der Waals surface area contributed by atoms with Gasteiger partial charge in [0.05, 0.1) is 23.8 Å². The molecule has 0 aliphatic rings. The maximum atomic E-state index is 12.0. The lowest BCUT2D eigenvalue weighted by molar-refractivity contribution is -0.142. The van der Waals surface area contributed by atoms with Crippen molar-refractivity contribution in [2.45, 2.75) is 33.8 Å². The molecule has 0 aliphatic carbocycles. The highest BCUT2D eigenvalue weighted by Crippen LogP contribution is 2.30. The topological polar surface area (TPSA) is 51.9 Å². The molecular formula is C23H26BrNO4. The van der Waals surface area contributed by atoms with Crippen LogP contribution in [0.3, 0.4) is 0 Å². The van der Waals surface area contributed by atoms with Crippen molar-refractivity contribution in [2.24, 2.45) is 0 Å². The van der Waals surface area contributed by atoms with Crippen LogP contribution < -0.4 is 9.64 Å². The van der Waals surface area contributed by atoms with Gasteiger partial charge in [0.1, 0.15) is 17.9 Å². The lowest BCUT2D eigenvalue weighted by Crippen LogP contribution is -2.22. The van der Waals surface area contributed by atoms with Crippen molar-refractivity contribution in [1.29, 1.82) is 0 Å². The third-order valence-electron chi connectivity index (χ3n) is 4.78. The summed E-state index contributed by atoms with van der Waals surface area (Å²) in [6.07, 6.45) is 1.86. The fourth-order valence-electron chi connectivity index (χ4n) is 3.32. The van der Waals surface area contributed by atoms with E-state index in [4.69, 9.17) is 13.9 Å². The Labute approximate surface area is 179 Å². The lowest BCUT2D eigenvalue weighted by Gasteiger charge is -2.23. The molecule has 1 heterocycles. The second kappa shape index (κ2) is 9.83. The maximum Gasteiger partial charge on any atom is 0.310 e. The van der Waals surface area contributed by atoms with E-state index in [1.54, 1.807) is 6.26 Å². The molecule has 0 aliphatic heterocycles. The highest BCUT2D eigenvalue weighted by molar-refractivity contribution is 9.10. The number of ether oxygens (including phenoxy) is 2. The van der Waals surface area contributed by atoms with Gasteiger partial charge in [-0.1, -0.05) is 6.07 Å². The second-order valence-electron chi connectivity index (χ2n) is 6.65. The van der Waals surface area contributed by atoms with E-state index in [1.165, 1.54) is 0 Å². The third kappa shape index (κ3) is 5.12. The molecule has 0 saturated carbocycles. The third-order valence-corrected chi connectivity index (χ3v) is 5.37. The molecule has 29 heavy (non-hydrogen) atoms. The van der Waals surface area contributed by atoms with Crippen molar-refractivity contribution in [2.75, 3.05) is 24.6 Å². The number of anilines is 1. The van der Waals surface area contributed by atoms with E-state index in [2.05, 4.69) is 34.7 Å². The predicted molar refractivity (Wildman–Crippen MR) is 119 cm³/mol. The number of nitrogens with zero attached hydrogens (tertiary/aromatic N) is 1. The molecule has 0 bridgehead atoms. The Morgan fingerprint density at radius 1 is 1.10 bits per heavy atom. The number of esters is 1. The molecule has 1 aromatic heterocycles. The van der Waals surface area contributed by atoms with Crippen LogP contribution in [0.2, 0.25) is 0 Å². The van der Waals surface area contributed by atoms with Gasteiger partial charge in [-0.05, 0) is 66.5 Å². The second-order valence-corrected chi connectivity index (χ2v) is 7.51. The van der Waals surface area contributed by atoms with Crippen LogP contribution in [0.1, 0.15) is 31.9 Å². The zero-order valence-electron chi connectivity index (χ0n) is 17.0. The van der Waals surface area contributed by atoms with Crippen molar-refractivity contribution in [3.05, 3.63) is 58.3 Å². The first-order valence-electron chi connectivity index (χ1n) is 9.87. The fourth-order valence-corrected chi connectivity index (χ4v) is 3.93. The van der Waals surface area contributed by atoms with Gasteiger partial charge < -0.3 is 18.8 Å². The smallest absolute Gasteiger partial charge is 0.310 e. The standard InChI is InChI=1S/C23H26BrNO4/c1-4-25(5-2)19-8-7-17(13-22(26)27-6-3)21(14-19)29-15-16-11-18-9-10-28-23(18)20(24)12-16/h7-12,14H,4-6,13,15H2,1-3H3. The molecule has 6 heteroatoms. The van der Waals surface area contributed by atoms with E-state index in [0.717, 1.165) is 45.3 Å². The average molecular weight is 460 g/mol. The van der Waals surface area contributed by atoms with E-state index in [9.17, 15) is 4.79 Å². The predicted octanol–water partition coefficient (Wildman–Crippen LogP) is 5.73. The highest BCUT2D eigenvalue weighted by atomic mass is 79.9. The van der Waals surface area contributed by atoms with Gasteiger partial charge in [0.25, 0.3) is 0 Å². The van der Waals surface area contributed by atoms with Crippen LogP contribution in [0.5, 0.6) is 5.75 Å². The molecule has 3 aromatic rings. The summed E-state index contributed by atoms with van der Waals surface area (Å²) in [6, 6.07) is 12.0. The largest absolute Gasteiger partial charge is 0.489 e. The van der Waals surface area contributed by atoms with Crippen molar-refractivity contribution in [3.63, 3.8) is 0 Å². The summed E-state index contributed by atoms with van der Waals surface area (Å²) < 4.78 is 17.7. The molecule has 0 unspecified atom stereocenters. The van der Waals surface area contributed by atoms with Crippen LogP contribution >= 0.6 is 15.9 Å². The molecule has 0 fully saturated rings. The van der Waals surface area contributed by atoms with Crippen molar-refractivity contribution < 1.29 is 18.7 Å². The number of furan rings is 1. The molecule has 0 N–H and O–H groups in total. The molecule has 3 rings (SSSR count). The van der Waals surface area contributed by atoms with Gasteiger partial charge in [-0.25, -0.2) is 0 Å². The molecule has 2 aromatic carbocycles. The van der Waals surface area contributed by atoms with Crippen LogP contribution in [0.4, 0.5) is 5.69 Å². The van der Waals surface area contributed by atoms with E-state index in [0.29, 0.717) is 19.0 Å². The van der Waals surface area contributed by atoms with E-state index in [1.807, 2.05) is 43.3 Å². The van der Waals surface area contributed by atoms with Gasteiger partial charge in [-0.15, -0.1) is 0 Å². The van der Waals surface area contributed by atoms with Crippen LogP contribution in [0, 0.1) is 0 Å². The Morgan fingerprint density at radius 2 is 1.90 bits per heavy atom. The first-order chi connectivity index (χ1) is 14.0. The summed E-state index contributed by atoms with van der Waals surface area (Å²) in [7, 11) is 0. The number of hydrogen-bond donors (Lipinski definition) is 0.